The summed E-state index contributed by atoms with van der Waals surface area (Å²) in [5, 5.41) is 3.71. The van der Waals surface area contributed by atoms with Crippen LogP contribution in [-0.4, -0.2) is 9.13 Å². The van der Waals surface area contributed by atoms with Crippen LogP contribution in [-0.2, 0) is 0 Å². The Kier molecular flexibility index (Phi) is 5.84. The fourth-order valence-electron chi connectivity index (χ4n) is 7.54. The number of hydrogen-bond acceptors (Lipinski definition) is 0. The van der Waals surface area contributed by atoms with Crippen molar-refractivity contribution in [2.75, 3.05) is 0 Å². The number of fused-ring (bicyclic) bond motifs is 6. The molecule has 0 spiro atoms. The van der Waals surface area contributed by atoms with Crippen molar-refractivity contribution in [2.45, 2.75) is 0 Å². The first-order valence-corrected chi connectivity index (χ1v) is 16.9. The molecule has 234 valence electrons. The molecule has 8 aromatic carbocycles. The highest BCUT2D eigenvalue weighted by Crippen LogP contribution is 2.39. The molecule has 0 fully saturated rings. The fourth-order valence-corrected chi connectivity index (χ4v) is 7.54. The molecule has 0 saturated heterocycles. The summed E-state index contributed by atoms with van der Waals surface area (Å²) in [5.74, 6) is 0. The zero-order chi connectivity index (χ0) is 35.6. The predicted octanol–water partition coefficient (Wildman–Crippen LogP) is 12.9. The monoisotopic (exact) mass is 639 g/mol. The van der Waals surface area contributed by atoms with E-state index < -0.39 is 0 Å². The van der Waals surface area contributed by atoms with Crippen molar-refractivity contribution in [1.29, 1.82) is 0 Å². The van der Waals surface area contributed by atoms with Gasteiger partial charge >= 0.3 is 0 Å². The lowest BCUT2D eigenvalue weighted by Gasteiger charge is -2.12. The zero-order valence-corrected chi connectivity index (χ0v) is 27.1. The summed E-state index contributed by atoms with van der Waals surface area (Å²) >= 11 is 0. The number of para-hydroxylation sites is 1. The van der Waals surface area contributed by atoms with Crippen LogP contribution in [0.2, 0.25) is 0 Å². The van der Waals surface area contributed by atoms with E-state index >= 15 is 0 Å². The van der Waals surface area contributed by atoms with Crippen LogP contribution in [0.15, 0.2) is 194 Å². The molecular weight excluding hydrogens is 605 g/mol. The molecule has 10 rings (SSSR count). The van der Waals surface area contributed by atoms with Crippen LogP contribution in [0.5, 0.6) is 0 Å². The summed E-state index contributed by atoms with van der Waals surface area (Å²) in [7, 11) is 0. The summed E-state index contributed by atoms with van der Waals surface area (Å²) in [6.07, 6.45) is 0. The minimum absolute atomic E-state index is 0.0529. The second-order valence-electron chi connectivity index (χ2n) is 12.8. The fraction of sp³-hybridized carbons (Fsp3) is 0. The smallest absolute Gasteiger partial charge is 0.0645 e. The first-order valence-electron chi connectivity index (χ1n) is 18.4. The van der Waals surface area contributed by atoms with Crippen molar-refractivity contribution >= 4 is 43.6 Å². The highest BCUT2D eigenvalue weighted by molar-refractivity contribution is 6.13. The molecule has 50 heavy (non-hydrogen) atoms. The topological polar surface area (TPSA) is 9.86 Å². The first-order chi connectivity index (χ1) is 26.0. The van der Waals surface area contributed by atoms with Crippen LogP contribution >= 0.6 is 0 Å². The van der Waals surface area contributed by atoms with E-state index in [2.05, 4.69) is 149 Å². The lowest BCUT2D eigenvalue weighted by Crippen LogP contribution is -1.96. The molecule has 0 N–H and O–H groups in total. The molecule has 2 heterocycles. The molecule has 0 saturated carbocycles. The molecule has 2 nitrogen and oxygen atoms in total. The zero-order valence-electron chi connectivity index (χ0n) is 30.1. The summed E-state index contributed by atoms with van der Waals surface area (Å²) in [6.45, 7) is 0. The van der Waals surface area contributed by atoms with Gasteiger partial charge in [0.15, 0.2) is 0 Å². The van der Waals surface area contributed by atoms with Crippen molar-refractivity contribution < 1.29 is 4.11 Å². The van der Waals surface area contributed by atoms with Gasteiger partial charge in [0.25, 0.3) is 0 Å². The van der Waals surface area contributed by atoms with Crippen LogP contribution < -0.4 is 0 Å². The Morgan fingerprint density at radius 2 is 0.840 bits per heavy atom. The second kappa shape index (κ2) is 11.5. The van der Waals surface area contributed by atoms with E-state index in [1.807, 2.05) is 30.3 Å². The Hall–Kier alpha value is -6.64. The molecule has 2 heteroatoms. The average Bonchev–Trinajstić information content (AvgIpc) is 3.73. The van der Waals surface area contributed by atoms with Crippen molar-refractivity contribution in [2.24, 2.45) is 0 Å². The van der Waals surface area contributed by atoms with Crippen LogP contribution in [0.4, 0.5) is 0 Å². The van der Waals surface area contributed by atoms with Crippen LogP contribution in [0, 0.1) is 0 Å². The molecule has 0 bridgehead atoms. The van der Waals surface area contributed by atoms with Crippen LogP contribution in [0.3, 0.4) is 0 Å². The lowest BCUT2D eigenvalue weighted by atomic mass is 10.0. The third-order valence-electron chi connectivity index (χ3n) is 9.88. The van der Waals surface area contributed by atoms with Gasteiger partial charge in [-0.25, -0.2) is 0 Å². The van der Waals surface area contributed by atoms with Gasteiger partial charge in [-0.2, -0.15) is 0 Å². The van der Waals surface area contributed by atoms with Crippen molar-refractivity contribution in [1.82, 2.24) is 9.13 Å². The SMILES string of the molecule is [2H]c1cc([2H])c2c(c1[2H])c1cc(-c3ccccc3)ccc1n2-c1ccc2c(c1)c1ccc(-c3ccccc3)cc1n2-c1cccc(-c2ccccc2)c1. The summed E-state index contributed by atoms with van der Waals surface area (Å²) < 4.78 is 31.2. The van der Waals surface area contributed by atoms with Gasteiger partial charge in [0.05, 0.1) is 26.2 Å². The third kappa shape index (κ3) is 4.57. The molecule has 0 radical (unpaired) electrons. The quantitative estimate of drug-likeness (QED) is 0.177. The summed E-state index contributed by atoms with van der Waals surface area (Å²) in [6, 6.07) is 61.4. The molecule has 0 atom stereocenters. The maximum absolute atomic E-state index is 9.12. The number of rotatable bonds is 5. The van der Waals surface area contributed by atoms with E-state index in [1.165, 1.54) is 11.6 Å². The Morgan fingerprint density at radius 3 is 1.54 bits per heavy atom. The van der Waals surface area contributed by atoms with Gasteiger partial charge in [-0.05, 0) is 88.0 Å². The number of nitrogens with zero attached hydrogens (tertiary/aromatic N) is 2. The Bertz CT molecular complexity index is 3020. The normalized spacial score (nSPS) is 12.4. The van der Waals surface area contributed by atoms with Gasteiger partial charge in [-0.15, -0.1) is 0 Å². The molecule has 0 aliphatic carbocycles. The average molecular weight is 640 g/mol. The van der Waals surface area contributed by atoms with E-state index in [9.17, 15) is 0 Å². The van der Waals surface area contributed by atoms with Gasteiger partial charge in [-0.3, -0.25) is 0 Å². The standard InChI is InChI=1S/C48H32N2/c1-4-13-33(14-5-1)36-19-12-20-39(29-36)50-47-28-25-40(32-44(47)42-26-23-38(31-48(42)50)35-17-8-3-9-18-35)49-45-22-11-10-21-41(45)43-30-37(24-27-46(43)49)34-15-6-2-7-16-34/h1-32H/i10D,21D,22D. The van der Waals surface area contributed by atoms with Gasteiger partial charge in [0.2, 0.25) is 0 Å². The molecular formula is C48H32N2. The maximum Gasteiger partial charge on any atom is 0.0645 e. The molecule has 0 aliphatic heterocycles. The predicted molar refractivity (Wildman–Crippen MR) is 211 cm³/mol. The van der Waals surface area contributed by atoms with Crippen molar-refractivity contribution in [3.8, 4) is 44.8 Å². The van der Waals surface area contributed by atoms with E-state index in [1.54, 1.807) is 0 Å². The second-order valence-corrected chi connectivity index (χ2v) is 12.8. The highest BCUT2D eigenvalue weighted by atomic mass is 15.0. The first kappa shape index (κ1) is 25.4. The minimum atomic E-state index is 0.0529. The van der Waals surface area contributed by atoms with Gasteiger partial charge < -0.3 is 9.13 Å². The van der Waals surface area contributed by atoms with E-state index in [4.69, 9.17) is 4.11 Å². The lowest BCUT2D eigenvalue weighted by molar-refractivity contribution is 1.17. The highest BCUT2D eigenvalue weighted by Gasteiger charge is 2.18. The van der Waals surface area contributed by atoms with E-state index in [0.29, 0.717) is 10.9 Å². The number of benzene rings is 8. The third-order valence-corrected chi connectivity index (χ3v) is 9.88. The van der Waals surface area contributed by atoms with Crippen molar-refractivity contribution in [3.05, 3.63) is 194 Å². The van der Waals surface area contributed by atoms with Crippen LogP contribution in [0.1, 0.15) is 4.11 Å². The molecule has 0 amide bonds. The summed E-state index contributed by atoms with van der Waals surface area (Å²) in [5.41, 5.74) is 12.4. The Labute approximate surface area is 294 Å². The number of hydrogen-bond donors (Lipinski definition) is 0. The minimum Gasteiger partial charge on any atom is -0.309 e. The maximum atomic E-state index is 9.12. The van der Waals surface area contributed by atoms with Crippen LogP contribution in [0.25, 0.3) is 88.4 Å². The molecule has 10 aromatic rings. The largest absolute Gasteiger partial charge is 0.309 e. The summed E-state index contributed by atoms with van der Waals surface area (Å²) in [4.78, 5) is 0. The van der Waals surface area contributed by atoms with E-state index in [0.717, 1.165) is 71.9 Å². The van der Waals surface area contributed by atoms with E-state index in [-0.39, 0.29) is 18.1 Å². The Morgan fingerprint density at radius 1 is 0.300 bits per heavy atom. The Balaban J connectivity index is 1.25. The molecule has 0 aliphatic rings. The molecule has 0 unspecified atom stereocenters. The number of aromatic nitrogens is 2. The molecule has 2 aromatic heterocycles. The van der Waals surface area contributed by atoms with Gasteiger partial charge in [0.1, 0.15) is 0 Å². The van der Waals surface area contributed by atoms with Gasteiger partial charge in [-0.1, -0.05) is 139 Å². The van der Waals surface area contributed by atoms with Gasteiger partial charge in [0, 0.05) is 32.9 Å². The van der Waals surface area contributed by atoms with Crippen molar-refractivity contribution in [3.63, 3.8) is 0 Å².